The number of fused-ring (bicyclic) bond motifs is 3. The third-order valence-corrected chi connectivity index (χ3v) is 16.0. The molecule has 12 aromatic carbocycles. The predicted octanol–water partition coefficient (Wildman–Crippen LogP) is 16.6. The molecule has 0 fully saturated rings. The molecule has 0 saturated heterocycles. The van der Waals surface area contributed by atoms with Crippen LogP contribution in [0.25, 0.3) is 32.3 Å². The lowest BCUT2D eigenvalue weighted by Crippen LogP contribution is -2.15. The zero-order valence-corrected chi connectivity index (χ0v) is 54.3. The second kappa shape index (κ2) is 33.5. The topological polar surface area (TPSA) is 247 Å². The van der Waals surface area contributed by atoms with Crippen LogP contribution in [0.1, 0.15) is 71.9 Å². The van der Waals surface area contributed by atoms with E-state index in [4.69, 9.17) is 14.2 Å². The van der Waals surface area contributed by atoms with Gasteiger partial charge in [0.15, 0.2) is 17.3 Å². The van der Waals surface area contributed by atoms with Gasteiger partial charge in [0.05, 0.1) is 0 Å². The van der Waals surface area contributed by atoms with Crippen LogP contribution in [0.3, 0.4) is 0 Å². The number of Topliss-reactive ketones (excluding diaryl/α,β-unsaturated/α-hetero) is 3. The van der Waals surface area contributed by atoms with Crippen molar-refractivity contribution >= 4 is 84.5 Å². The maximum Gasteiger partial charge on any atom is 0.255 e. The minimum Gasteiger partial charge on any atom is -0.508 e. The molecule has 512 valence electrons. The number of anilines is 3. The molecule has 101 heavy (non-hydrogen) atoms. The first-order valence-electron chi connectivity index (χ1n) is 31.4. The summed E-state index contributed by atoms with van der Waals surface area (Å²) in [5.74, 6) is -1.74. The Morgan fingerprint density at radius 2 is 0.693 bits per heavy atom. The highest BCUT2D eigenvalue weighted by Crippen LogP contribution is 2.36. The molecule has 0 spiro atoms. The van der Waals surface area contributed by atoms with Crippen molar-refractivity contribution in [1.29, 1.82) is 0 Å². The lowest BCUT2D eigenvalue weighted by atomic mass is 10.0. The van der Waals surface area contributed by atoms with E-state index in [1.165, 1.54) is 78.9 Å². The van der Waals surface area contributed by atoms with Crippen molar-refractivity contribution < 1.29 is 76.6 Å². The van der Waals surface area contributed by atoms with Gasteiger partial charge >= 0.3 is 0 Å². The number of phenols is 4. The summed E-state index contributed by atoms with van der Waals surface area (Å²) in [6.45, 7) is 4.64. The molecule has 12 rings (SSSR count). The first kappa shape index (κ1) is 72.5. The highest BCUT2D eigenvalue weighted by atomic mass is 19.1. The van der Waals surface area contributed by atoms with Crippen LogP contribution < -0.4 is 30.2 Å². The van der Waals surface area contributed by atoms with Gasteiger partial charge < -0.3 is 50.6 Å². The number of ketones is 3. The summed E-state index contributed by atoms with van der Waals surface area (Å²) in [5.41, 5.74) is 5.81. The Morgan fingerprint density at radius 1 is 0.347 bits per heavy atom. The Hall–Kier alpha value is -12.8. The van der Waals surface area contributed by atoms with Gasteiger partial charge in [-0.1, -0.05) is 129 Å². The maximum atomic E-state index is 13.5. The fourth-order valence-electron chi connectivity index (χ4n) is 10.8. The van der Waals surface area contributed by atoms with E-state index in [0.717, 1.165) is 33.2 Å². The number of phenolic OH excluding ortho intramolecular Hbond substituents is 4. The van der Waals surface area contributed by atoms with Gasteiger partial charge in [-0.05, 0) is 152 Å². The van der Waals surface area contributed by atoms with Gasteiger partial charge in [0.25, 0.3) is 17.7 Å². The molecule has 0 aromatic heterocycles. The van der Waals surface area contributed by atoms with E-state index in [2.05, 4.69) is 16.0 Å². The van der Waals surface area contributed by atoms with E-state index < -0.39 is 35.2 Å². The summed E-state index contributed by atoms with van der Waals surface area (Å²) < 4.78 is 57.7. The second-order valence-electron chi connectivity index (χ2n) is 23.3. The quantitative estimate of drug-likeness (QED) is 0.0354. The molecule has 0 aliphatic rings. The zero-order chi connectivity index (χ0) is 71.0. The monoisotopic (exact) mass is 1360 g/mol. The van der Waals surface area contributed by atoms with Gasteiger partial charge in [-0.25, -0.2) is 13.2 Å². The lowest BCUT2D eigenvalue weighted by molar-refractivity contribution is -0.121. The Bertz CT molecular complexity index is 5070. The van der Waals surface area contributed by atoms with Gasteiger partial charge in [0.1, 0.15) is 77.5 Å². The number of rotatable bonds is 21. The molecule has 0 bridgehead atoms. The molecule has 0 heterocycles. The standard InChI is InChI=1S/C27H22FNO5.2C27H22FNO4.CH4/c1-16-24(31)12-17(13-25(16)32)11-20(30)15-34-26-10-9-23(21-7-2-3-8-22(21)26)29-27(33)18-5-4-6-19(28)14-18;1-17-6-4-7-18(26(17)31)15-21(30)16-33-25-13-12-24(22-10-2-3-11-23(22)25)29-27(32)19-8-5-9-20(28)14-19;1-17-9-10-18(14-25(17)31)13-21(30)16-33-26-12-11-24(22-7-2-3-8-23(22)26)29-27(32)19-5-4-6-20(28)15-19;/h2-10,12-14,31-32H,11,15H2,1H3,(H,29,33);2-14,31H,15-16H2,1H3,(H,29,32);2-12,14-15,31H,13,16H2,1H3,(H,29,32);1H4. The number of hydrogen-bond acceptors (Lipinski definition) is 13. The average Bonchev–Trinajstić information content (AvgIpc) is 0.809. The molecule has 0 aliphatic heterocycles. The number of nitrogens with one attached hydrogen (secondary N) is 3. The zero-order valence-electron chi connectivity index (χ0n) is 54.3. The normalized spacial score (nSPS) is 10.6. The summed E-state index contributed by atoms with van der Waals surface area (Å²) in [5, 5.41) is 52.4. The molecule has 0 aliphatic carbocycles. The Balaban J connectivity index is 0.000000176. The number of hydrogen-bond donors (Lipinski definition) is 7. The van der Waals surface area contributed by atoms with E-state index in [9.17, 15) is 62.4 Å². The number of aryl methyl sites for hydroxylation is 2. The van der Waals surface area contributed by atoms with Crippen LogP contribution in [0.5, 0.6) is 40.2 Å². The van der Waals surface area contributed by atoms with Crippen LogP contribution in [-0.2, 0) is 33.6 Å². The third kappa shape index (κ3) is 18.9. The van der Waals surface area contributed by atoms with E-state index in [0.29, 0.717) is 72.9 Å². The number of carbonyl (C=O) groups is 6. The van der Waals surface area contributed by atoms with E-state index >= 15 is 0 Å². The second-order valence-corrected chi connectivity index (χ2v) is 23.3. The van der Waals surface area contributed by atoms with Crippen molar-refractivity contribution in [2.45, 2.75) is 47.5 Å². The maximum absolute atomic E-state index is 13.5. The molecule has 0 radical (unpaired) electrons. The Kier molecular flexibility index (Phi) is 24.0. The van der Waals surface area contributed by atoms with Gasteiger partial charge in [-0.15, -0.1) is 0 Å². The van der Waals surface area contributed by atoms with Crippen molar-refractivity contribution in [3.05, 3.63) is 298 Å². The van der Waals surface area contributed by atoms with Gasteiger partial charge in [0.2, 0.25) is 0 Å². The van der Waals surface area contributed by atoms with Gasteiger partial charge in [-0.2, -0.15) is 0 Å². The molecular formula is C82H70F3N3O13. The number of ether oxygens (including phenoxy) is 3. The summed E-state index contributed by atoms with van der Waals surface area (Å²) >= 11 is 0. The number of benzene rings is 12. The van der Waals surface area contributed by atoms with Crippen LogP contribution >= 0.6 is 0 Å². The minimum atomic E-state index is -0.498. The molecular weight excluding hydrogens is 1290 g/mol. The fraction of sp³-hybridized carbons (Fsp3) is 0.122. The summed E-state index contributed by atoms with van der Waals surface area (Å²) in [4.78, 5) is 75.0. The molecule has 0 saturated carbocycles. The summed E-state index contributed by atoms with van der Waals surface area (Å²) in [6, 6.07) is 61.7. The van der Waals surface area contributed by atoms with Crippen molar-refractivity contribution in [1.82, 2.24) is 0 Å². The number of aromatic hydroxyl groups is 4. The SMILES string of the molecule is C.Cc1c(O)cc(CC(=O)COc2ccc(NC(=O)c3cccc(F)c3)c3ccccc23)cc1O.Cc1ccc(CC(=O)COc2ccc(NC(=O)c3cccc(F)c3)c3ccccc23)cc1O.Cc1cccc(CC(=O)COc2ccc(NC(=O)c3cccc(F)c3)c3ccccc23)c1O. The number of halogens is 3. The predicted molar refractivity (Wildman–Crippen MR) is 384 cm³/mol. The third-order valence-electron chi connectivity index (χ3n) is 16.0. The molecule has 16 nitrogen and oxygen atoms in total. The van der Waals surface area contributed by atoms with Crippen molar-refractivity contribution in [2.24, 2.45) is 0 Å². The Labute approximate surface area is 579 Å². The molecule has 3 amide bonds. The van der Waals surface area contributed by atoms with Crippen LogP contribution in [-0.4, -0.2) is 75.3 Å². The molecule has 7 N–H and O–H groups in total. The van der Waals surface area contributed by atoms with Crippen LogP contribution in [0, 0.1) is 38.2 Å². The average molecular weight is 1360 g/mol. The van der Waals surface area contributed by atoms with Crippen LogP contribution in [0.2, 0.25) is 0 Å². The number of carbonyl (C=O) groups excluding carboxylic acids is 6. The minimum absolute atomic E-state index is 0. The highest BCUT2D eigenvalue weighted by molar-refractivity contribution is 6.12. The van der Waals surface area contributed by atoms with Crippen LogP contribution in [0.15, 0.2) is 231 Å². The highest BCUT2D eigenvalue weighted by Gasteiger charge is 2.19. The summed E-state index contributed by atoms with van der Waals surface area (Å²) in [6.07, 6.45) is 0.196. The van der Waals surface area contributed by atoms with Crippen LogP contribution in [0.4, 0.5) is 30.2 Å². The van der Waals surface area contributed by atoms with E-state index in [1.54, 1.807) is 93.6 Å². The number of amides is 3. The first-order chi connectivity index (χ1) is 48.1. The Morgan fingerprint density at radius 3 is 1.07 bits per heavy atom. The van der Waals surface area contributed by atoms with Gasteiger partial charge in [0, 0.05) is 96.5 Å². The largest absolute Gasteiger partial charge is 0.508 e. The lowest BCUT2D eigenvalue weighted by Gasteiger charge is -2.13. The van der Waals surface area contributed by atoms with E-state index in [1.807, 2.05) is 72.8 Å². The number of para-hydroxylation sites is 1. The van der Waals surface area contributed by atoms with Gasteiger partial charge in [-0.3, -0.25) is 28.8 Å². The molecule has 12 aromatic rings. The molecule has 0 unspecified atom stereocenters. The molecule has 19 heteroatoms. The van der Waals surface area contributed by atoms with Crippen molar-refractivity contribution in [2.75, 3.05) is 35.8 Å². The smallest absolute Gasteiger partial charge is 0.255 e. The fourth-order valence-corrected chi connectivity index (χ4v) is 10.8. The first-order valence-corrected chi connectivity index (χ1v) is 31.4. The van der Waals surface area contributed by atoms with E-state index in [-0.39, 0.29) is 104 Å². The molecule has 0 atom stereocenters. The van der Waals surface area contributed by atoms with Crippen molar-refractivity contribution in [3.8, 4) is 40.2 Å². The van der Waals surface area contributed by atoms with Crippen molar-refractivity contribution in [3.63, 3.8) is 0 Å². The summed E-state index contributed by atoms with van der Waals surface area (Å²) in [7, 11) is 0.